The van der Waals surface area contributed by atoms with E-state index < -0.39 is 0 Å². The van der Waals surface area contributed by atoms with Crippen molar-refractivity contribution in [2.24, 2.45) is 0 Å². The maximum Gasteiger partial charge on any atom is 0.246 e. The summed E-state index contributed by atoms with van der Waals surface area (Å²) in [6, 6.07) is 8.08. The number of fused-ring (bicyclic) bond motifs is 1. The summed E-state index contributed by atoms with van der Waals surface area (Å²) in [6.45, 7) is 8.85. The van der Waals surface area contributed by atoms with E-state index in [2.05, 4.69) is 9.83 Å². The van der Waals surface area contributed by atoms with Crippen LogP contribution in [-0.2, 0) is 0 Å². The Labute approximate surface area is 77.0 Å². The number of hydrogen-bond donors (Lipinski definition) is 1. The molecule has 0 aliphatic carbocycles. The highest BCUT2D eigenvalue weighted by atomic mass is 14.7. The Morgan fingerprint density at radius 1 is 1.38 bits per heavy atom. The van der Waals surface area contributed by atoms with E-state index in [4.69, 9.17) is 6.57 Å². The zero-order chi connectivity index (χ0) is 9.26. The van der Waals surface area contributed by atoms with Crippen molar-refractivity contribution < 1.29 is 0 Å². The number of aromatic amines is 1. The van der Waals surface area contributed by atoms with Gasteiger partial charge in [0.15, 0.2) is 0 Å². The average Bonchev–Trinajstić information content (AvgIpc) is 2.63. The Bertz CT molecular complexity index is 462. The van der Waals surface area contributed by atoms with E-state index in [0.717, 1.165) is 11.1 Å². The second kappa shape index (κ2) is 2.95. The molecule has 2 rings (SSSR count). The first-order valence-electron chi connectivity index (χ1n) is 4.25. The van der Waals surface area contributed by atoms with Crippen molar-refractivity contribution in [1.82, 2.24) is 4.98 Å². The quantitative estimate of drug-likeness (QED) is 0.634. The van der Waals surface area contributed by atoms with Gasteiger partial charge >= 0.3 is 0 Å². The molecule has 0 radical (unpaired) electrons. The molecule has 1 N–H and O–H groups in total. The predicted molar refractivity (Wildman–Crippen MR) is 53.3 cm³/mol. The molecule has 1 heterocycles. The summed E-state index contributed by atoms with van der Waals surface area (Å²) in [5.74, 6) is 0. The zero-order valence-corrected chi connectivity index (χ0v) is 7.41. The molecule has 0 aliphatic rings. The molecule has 0 fully saturated rings. The monoisotopic (exact) mass is 170 g/mol. The van der Waals surface area contributed by atoms with E-state index in [1.165, 1.54) is 5.39 Å². The smallest absolute Gasteiger partial charge is 0.246 e. The number of aromatic nitrogens is 1. The van der Waals surface area contributed by atoms with Crippen molar-refractivity contribution in [3.8, 4) is 0 Å². The van der Waals surface area contributed by atoms with Crippen LogP contribution in [0.3, 0.4) is 0 Å². The van der Waals surface area contributed by atoms with Crippen LogP contribution in [0.5, 0.6) is 0 Å². The number of nitrogens with one attached hydrogen (secondary N) is 1. The number of hydrogen-bond acceptors (Lipinski definition) is 0. The summed E-state index contributed by atoms with van der Waals surface area (Å²) in [5.41, 5.74) is 2.18. The minimum absolute atomic E-state index is 0.0484. The van der Waals surface area contributed by atoms with Gasteiger partial charge in [-0.3, -0.25) is 0 Å². The second-order valence-electron chi connectivity index (χ2n) is 3.13. The Kier molecular flexibility index (Phi) is 1.79. The molecule has 1 unspecified atom stereocenters. The van der Waals surface area contributed by atoms with Crippen LogP contribution >= 0.6 is 0 Å². The maximum absolute atomic E-state index is 6.93. The molecule has 0 spiro atoms. The van der Waals surface area contributed by atoms with Gasteiger partial charge in [-0.2, -0.15) is 0 Å². The molecule has 13 heavy (non-hydrogen) atoms. The number of nitrogens with zero attached hydrogens (tertiary/aromatic N) is 1. The molecule has 64 valence electrons. The van der Waals surface area contributed by atoms with E-state index in [0.29, 0.717) is 0 Å². The number of rotatable bonds is 1. The summed E-state index contributed by atoms with van der Waals surface area (Å²) < 4.78 is 0. The largest absolute Gasteiger partial charge is 0.361 e. The van der Waals surface area contributed by atoms with E-state index in [9.17, 15) is 0 Å². The molecule has 0 aliphatic heterocycles. The molecule has 1 aromatic heterocycles. The first kappa shape index (κ1) is 7.88. The highest BCUT2D eigenvalue weighted by molar-refractivity contribution is 5.80. The van der Waals surface area contributed by atoms with Gasteiger partial charge in [-0.25, -0.2) is 6.57 Å². The lowest BCUT2D eigenvalue weighted by Gasteiger charge is -1.98. The van der Waals surface area contributed by atoms with Gasteiger partial charge < -0.3 is 9.83 Å². The first-order chi connectivity index (χ1) is 6.31. The molecular formula is C11H10N2. The summed E-state index contributed by atoms with van der Waals surface area (Å²) in [6.07, 6.45) is 1.91. The fourth-order valence-electron chi connectivity index (χ4n) is 1.40. The summed E-state index contributed by atoms with van der Waals surface area (Å²) in [4.78, 5) is 6.62. The van der Waals surface area contributed by atoms with Crippen LogP contribution in [0.25, 0.3) is 15.7 Å². The third kappa shape index (κ3) is 1.29. The third-order valence-corrected chi connectivity index (χ3v) is 2.26. The molecular weight excluding hydrogens is 160 g/mol. The Morgan fingerprint density at radius 2 is 2.23 bits per heavy atom. The van der Waals surface area contributed by atoms with Crippen LogP contribution in [0.1, 0.15) is 18.5 Å². The third-order valence-electron chi connectivity index (χ3n) is 2.26. The van der Waals surface area contributed by atoms with Gasteiger partial charge in [0.05, 0.1) is 0 Å². The fourth-order valence-corrected chi connectivity index (χ4v) is 1.40. The molecule has 2 nitrogen and oxygen atoms in total. The van der Waals surface area contributed by atoms with Crippen molar-refractivity contribution >= 4 is 10.9 Å². The van der Waals surface area contributed by atoms with Gasteiger partial charge in [0.1, 0.15) is 0 Å². The van der Waals surface area contributed by atoms with Crippen molar-refractivity contribution in [3.63, 3.8) is 0 Å². The molecule has 0 saturated carbocycles. The first-order valence-corrected chi connectivity index (χ1v) is 4.25. The summed E-state index contributed by atoms with van der Waals surface area (Å²) in [5, 5.41) is 1.20. The zero-order valence-electron chi connectivity index (χ0n) is 7.41. The second-order valence-corrected chi connectivity index (χ2v) is 3.13. The van der Waals surface area contributed by atoms with Crippen LogP contribution in [0.2, 0.25) is 0 Å². The van der Waals surface area contributed by atoms with Crippen LogP contribution in [0.15, 0.2) is 30.5 Å². The van der Waals surface area contributed by atoms with Crippen molar-refractivity contribution in [3.05, 3.63) is 47.4 Å². The lowest BCUT2D eigenvalue weighted by Crippen LogP contribution is -1.85. The average molecular weight is 170 g/mol. The lowest BCUT2D eigenvalue weighted by atomic mass is 10.1. The molecule has 2 heteroatoms. The summed E-state index contributed by atoms with van der Waals surface area (Å²) >= 11 is 0. The SMILES string of the molecule is [C-]#[N+]C(C)c1ccc2cc[nH]c2c1. The lowest BCUT2D eigenvalue weighted by molar-refractivity contribution is 0.964. The van der Waals surface area contributed by atoms with Crippen LogP contribution < -0.4 is 0 Å². The summed E-state index contributed by atoms with van der Waals surface area (Å²) in [7, 11) is 0. The Balaban J connectivity index is 2.55. The van der Waals surface area contributed by atoms with Gasteiger partial charge in [0.25, 0.3) is 0 Å². The van der Waals surface area contributed by atoms with Gasteiger partial charge in [0.2, 0.25) is 6.04 Å². The highest BCUT2D eigenvalue weighted by Gasteiger charge is 2.08. The molecule has 2 aromatic rings. The van der Waals surface area contributed by atoms with Gasteiger partial charge in [-0.05, 0) is 17.5 Å². The number of benzene rings is 1. The topological polar surface area (TPSA) is 20.1 Å². The van der Waals surface area contributed by atoms with Crippen molar-refractivity contribution in [1.29, 1.82) is 0 Å². The standard InChI is InChI=1S/C11H10N2/c1-8(12-2)10-4-3-9-5-6-13-11(9)7-10/h3-8,13H,1H3. The normalized spacial score (nSPS) is 12.6. The van der Waals surface area contributed by atoms with E-state index in [1.807, 2.05) is 37.4 Å². The van der Waals surface area contributed by atoms with E-state index in [-0.39, 0.29) is 6.04 Å². The highest BCUT2D eigenvalue weighted by Crippen LogP contribution is 2.21. The van der Waals surface area contributed by atoms with Gasteiger partial charge in [0, 0.05) is 24.2 Å². The van der Waals surface area contributed by atoms with E-state index in [1.54, 1.807) is 0 Å². The van der Waals surface area contributed by atoms with Gasteiger partial charge in [-0.1, -0.05) is 12.1 Å². The van der Waals surface area contributed by atoms with Crippen LogP contribution in [-0.4, -0.2) is 4.98 Å². The Morgan fingerprint density at radius 3 is 3.00 bits per heavy atom. The predicted octanol–water partition coefficient (Wildman–Crippen LogP) is 3.15. The maximum atomic E-state index is 6.93. The number of H-pyrrole nitrogens is 1. The van der Waals surface area contributed by atoms with Crippen LogP contribution in [0.4, 0.5) is 0 Å². The van der Waals surface area contributed by atoms with Crippen molar-refractivity contribution in [2.45, 2.75) is 13.0 Å². The van der Waals surface area contributed by atoms with E-state index >= 15 is 0 Å². The van der Waals surface area contributed by atoms with Gasteiger partial charge in [-0.15, -0.1) is 0 Å². The minimum Gasteiger partial charge on any atom is -0.361 e. The molecule has 1 aromatic carbocycles. The molecule has 1 atom stereocenters. The fraction of sp³-hybridized carbons (Fsp3) is 0.182. The molecule has 0 bridgehead atoms. The van der Waals surface area contributed by atoms with Crippen molar-refractivity contribution in [2.75, 3.05) is 0 Å². The Hall–Kier alpha value is -1.75. The minimum atomic E-state index is -0.0484. The molecule has 0 amide bonds. The molecule has 0 saturated heterocycles. The van der Waals surface area contributed by atoms with Crippen LogP contribution in [0, 0.1) is 6.57 Å².